The number of allylic oxidation sites excluding steroid dienone is 2. The van der Waals surface area contributed by atoms with Crippen LogP contribution < -0.4 is 21.6 Å². The maximum Gasteiger partial charge on any atom is 0.324 e. The average molecular weight is 626 g/mol. The van der Waals surface area contributed by atoms with Gasteiger partial charge in [-0.15, -0.1) is 5.53 Å². The summed E-state index contributed by atoms with van der Waals surface area (Å²) < 4.78 is 32.7. The van der Waals surface area contributed by atoms with Crippen LogP contribution >= 0.6 is 0 Å². The first-order valence-electron chi connectivity index (χ1n) is 16.5. The van der Waals surface area contributed by atoms with E-state index in [2.05, 4.69) is 46.9 Å². The molecule has 1 aliphatic carbocycles. The van der Waals surface area contributed by atoms with Crippen LogP contribution in [-0.4, -0.2) is 100 Å². The molecule has 4 N–H and O–H groups in total. The second kappa shape index (κ2) is 11.8. The Morgan fingerprint density at radius 1 is 1.18 bits per heavy atom. The number of hydrogen-bond acceptors (Lipinski definition) is 8. The van der Waals surface area contributed by atoms with Gasteiger partial charge >= 0.3 is 6.03 Å². The van der Waals surface area contributed by atoms with E-state index in [9.17, 15) is 9.59 Å². The lowest BCUT2D eigenvalue weighted by Crippen LogP contribution is -2.77. The fraction of sp³-hybridized carbons (Fsp3) is 0.656. The highest BCUT2D eigenvalue weighted by Gasteiger charge is 2.57. The van der Waals surface area contributed by atoms with E-state index in [1.54, 1.807) is 16.0 Å². The van der Waals surface area contributed by atoms with Crippen LogP contribution in [0.1, 0.15) is 46.5 Å². The van der Waals surface area contributed by atoms with Crippen molar-refractivity contribution < 1.29 is 18.4 Å². The lowest BCUT2D eigenvalue weighted by molar-refractivity contribution is -0.131. The number of nitrogens with zero attached hydrogens (tertiary/aromatic N) is 5. The topological polar surface area (TPSA) is 108 Å². The third-order valence-corrected chi connectivity index (χ3v) is 10.9. The van der Waals surface area contributed by atoms with Crippen molar-refractivity contribution in [3.05, 3.63) is 48.1 Å². The number of amides is 3. The van der Waals surface area contributed by atoms with E-state index in [0.29, 0.717) is 32.5 Å². The lowest BCUT2D eigenvalue weighted by atomic mass is 9.72. The lowest BCUT2D eigenvalue weighted by Gasteiger charge is -2.57. The fourth-order valence-corrected chi connectivity index (χ4v) is 8.80. The summed E-state index contributed by atoms with van der Waals surface area (Å²) in [5.41, 5.74) is 8.86. The highest BCUT2D eigenvalue weighted by molar-refractivity contribution is 5.87. The summed E-state index contributed by atoms with van der Waals surface area (Å²) in [6.07, 6.45) is 7.39. The number of piperazine rings is 1. The van der Waals surface area contributed by atoms with Gasteiger partial charge in [-0.25, -0.2) is 13.6 Å². The fourth-order valence-electron chi connectivity index (χ4n) is 8.80. The first kappa shape index (κ1) is 30.4. The van der Waals surface area contributed by atoms with Gasteiger partial charge in [0.15, 0.2) is 0 Å². The van der Waals surface area contributed by atoms with E-state index in [4.69, 9.17) is 4.99 Å². The third-order valence-electron chi connectivity index (χ3n) is 10.9. The monoisotopic (exact) mass is 625 g/mol. The largest absolute Gasteiger partial charge is 0.336 e. The molecule has 13 heteroatoms. The maximum atomic E-state index is 16.7. The molecule has 9 unspecified atom stereocenters. The number of hydrogen-bond donors (Lipinski definition) is 4. The molecule has 0 spiro atoms. The second-order valence-corrected chi connectivity index (χ2v) is 13.8. The molecule has 0 radical (unpaired) electrons. The van der Waals surface area contributed by atoms with Crippen molar-refractivity contribution in [1.29, 1.82) is 0 Å². The number of rotatable bonds is 3. The van der Waals surface area contributed by atoms with Crippen molar-refractivity contribution in [2.24, 2.45) is 28.7 Å². The number of aliphatic imine (C=N–C) groups is 1. The second-order valence-electron chi connectivity index (χ2n) is 13.8. The van der Waals surface area contributed by atoms with Crippen molar-refractivity contribution in [1.82, 2.24) is 41.3 Å². The molecule has 0 aromatic carbocycles. The Labute approximate surface area is 263 Å². The molecule has 0 aromatic rings. The number of nitrogens with one attached hydrogen (secondary N) is 4. The Morgan fingerprint density at radius 3 is 2.76 bits per heavy atom. The number of alkyl halides is 2. The van der Waals surface area contributed by atoms with Gasteiger partial charge in [0.1, 0.15) is 12.3 Å². The first-order valence-corrected chi connectivity index (χ1v) is 16.5. The molecule has 7 aliphatic rings. The number of carbonyl (C=O) groups excluding carboxylic acids is 2. The van der Waals surface area contributed by atoms with Crippen LogP contribution in [0, 0.1) is 23.7 Å². The van der Waals surface area contributed by atoms with Gasteiger partial charge in [0, 0.05) is 56.0 Å². The molecular weight excluding hydrogens is 580 g/mol. The molecule has 11 nitrogen and oxygen atoms in total. The zero-order valence-corrected chi connectivity index (χ0v) is 26.2. The normalized spacial score (nSPS) is 39.7. The highest BCUT2D eigenvalue weighted by Crippen LogP contribution is 2.45. The minimum Gasteiger partial charge on any atom is -0.336 e. The molecule has 4 bridgehead atoms. The number of carbonyl (C=O) groups is 2. The highest BCUT2D eigenvalue weighted by atomic mass is 19.1. The molecular formula is C32H45F2N9O2. The number of urea groups is 1. The van der Waals surface area contributed by atoms with Crippen molar-refractivity contribution in [2.75, 3.05) is 19.6 Å². The smallest absolute Gasteiger partial charge is 0.324 e. The summed E-state index contributed by atoms with van der Waals surface area (Å²) in [4.78, 5) is 37.4. The van der Waals surface area contributed by atoms with E-state index in [0.717, 1.165) is 23.5 Å². The quantitative estimate of drug-likeness (QED) is 0.357. The molecule has 6 heterocycles. The van der Waals surface area contributed by atoms with Crippen LogP contribution in [0.3, 0.4) is 0 Å². The number of fused-ring (bicyclic) bond motifs is 8. The van der Waals surface area contributed by atoms with Gasteiger partial charge in [-0.3, -0.25) is 29.9 Å². The zero-order valence-electron chi connectivity index (χ0n) is 26.2. The van der Waals surface area contributed by atoms with E-state index in [1.165, 1.54) is 6.08 Å². The minimum atomic E-state index is -1.32. The number of piperidine rings is 1. The summed E-state index contributed by atoms with van der Waals surface area (Å²) in [6.45, 7) is 11.3. The van der Waals surface area contributed by atoms with Crippen LogP contribution in [0.4, 0.5) is 13.6 Å². The molecule has 7 rings (SSSR count). The predicted molar refractivity (Wildman–Crippen MR) is 166 cm³/mol. The van der Waals surface area contributed by atoms with Gasteiger partial charge in [-0.1, -0.05) is 26.5 Å². The molecule has 45 heavy (non-hydrogen) atoms. The van der Waals surface area contributed by atoms with E-state index in [-0.39, 0.29) is 48.2 Å². The SMILES string of the molecule is C=CC(=O)N1CCN(C2NC(=O)N3C4=C(C(C)C)N=CC=CC4C4=CN(NN4)C4CCCC(F)C4C4NC3C2CC4F)[C@@H](C)C1. The molecule has 244 valence electrons. The predicted octanol–water partition coefficient (Wildman–Crippen LogP) is 2.51. The zero-order chi connectivity index (χ0) is 31.6. The van der Waals surface area contributed by atoms with Crippen LogP contribution in [0.25, 0.3) is 0 Å². The Morgan fingerprint density at radius 2 is 2.00 bits per heavy atom. The van der Waals surface area contributed by atoms with Gasteiger partial charge in [0.05, 0.1) is 41.4 Å². The van der Waals surface area contributed by atoms with Crippen molar-refractivity contribution in [2.45, 2.75) is 89.3 Å². The summed E-state index contributed by atoms with van der Waals surface area (Å²) in [7, 11) is 0. The van der Waals surface area contributed by atoms with Gasteiger partial charge in [0.2, 0.25) is 5.91 Å². The summed E-state index contributed by atoms with van der Waals surface area (Å²) in [6, 6.07) is -1.44. The van der Waals surface area contributed by atoms with Crippen molar-refractivity contribution in [3.8, 4) is 0 Å². The van der Waals surface area contributed by atoms with Gasteiger partial charge in [-0.2, -0.15) is 0 Å². The molecule has 3 amide bonds. The summed E-state index contributed by atoms with van der Waals surface area (Å²) >= 11 is 0. The third kappa shape index (κ3) is 5.07. The van der Waals surface area contributed by atoms with Crippen molar-refractivity contribution >= 4 is 18.2 Å². The standard InChI is InChI=1S/C32H45F2N9O2/c1-5-25(44)40-12-13-41(18(4)15-40)30-20-14-22(34)28-26-21(33)9-6-10-24(26)42-16-23(38-39-42)19-8-7-11-35-27(17(2)3)29(19)43(31(20)36-28)32(45)37-30/h5,7-8,11,16-22,24,26,28,30-31,36,38-39H,1,6,9-10,12-15H2,2-4H3,(H,37,45)/t18-,19?,20?,21?,22?,24?,26?,28?,30?,31?/m0/s1. The minimum absolute atomic E-state index is 0.0135. The van der Waals surface area contributed by atoms with E-state index in [1.807, 2.05) is 30.3 Å². The van der Waals surface area contributed by atoms with Gasteiger partial charge < -0.3 is 15.6 Å². The average Bonchev–Trinajstić information content (AvgIpc) is 3.39. The van der Waals surface area contributed by atoms with E-state index < -0.39 is 36.6 Å². The van der Waals surface area contributed by atoms with Crippen LogP contribution in [-0.2, 0) is 4.79 Å². The van der Waals surface area contributed by atoms with Gasteiger partial charge in [0.25, 0.3) is 0 Å². The number of halogens is 2. The van der Waals surface area contributed by atoms with Gasteiger partial charge in [-0.05, 0) is 50.7 Å². The molecule has 0 aromatic heterocycles. The van der Waals surface area contributed by atoms with Crippen molar-refractivity contribution in [3.63, 3.8) is 0 Å². The Bertz CT molecular complexity index is 1350. The first-order chi connectivity index (χ1) is 21.7. The van der Waals surface area contributed by atoms with Crippen LogP contribution in [0.2, 0.25) is 0 Å². The summed E-state index contributed by atoms with van der Waals surface area (Å²) in [5, 5.41) is 8.78. The number of hydrazine groups is 2. The Kier molecular flexibility index (Phi) is 7.97. The molecule has 6 aliphatic heterocycles. The molecule has 10 atom stereocenters. The summed E-state index contributed by atoms with van der Waals surface area (Å²) in [5.74, 6) is -1.47. The molecule has 4 fully saturated rings. The molecule has 1 saturated carbocycles. The maximum absolute atomic E-state index is 16.7. The van der Waals surface area contributed by atoms with Crippen LogP contribution in [0.5, 0.6) is 0 Å². The van der Waals surface area contributed by atoms with E-state index >= 15 is 8.78 Å². The Balaban J connectivity index is 1.34. The molecule has 3 saturated heterocycles. The van der Waals surface area contributed by atoms with Crippen LogP contribution in [0.15, 0.2) is 53.1 Å². The Hall–Kier alpha value is -3.29.